The first-order chi connectivity index (χ1) is 11.6. The second-order valence-electron chi connectivity index (χ2n) is 5.61. The predicted octanol–water partition coefficient (Wildman–Crippen LogP) is 2.25. The Balaban J connectivity index is 1.70. The van der Waals surface area contributed by atoms with Gasteiger partial charge in [-0.05, 0) is 30.2 Å². The lowest BCUT2D eigenvalue weighted by molar-refractivity contribution is -0.118. The molecule has 0 aromatic heterocycles. The van der Waals surface area contributed by atoms with Crippen molar-refractivity contribution in [1.29, 1.82) is 0 Å². The Labute approximate surface area is 138 Å². The van der Waals surface area contributed by atoms with Gasteiger partial charge in [-0.2, -0.15) is 0 Å². The molecule has 2 aromatic carbocycles. The first-order valence-electron chi connectivity index (χ1n) is 7.64. The quantitative estimate of drug-likeness (QED) is 0.874. The zero-order valence-corrected chi connectivity index (χ0v) is 12.9. The standard InChI is InChI=1S/C18H17FN2O3/c19-14-10-13(18(23)24-11-12-4-2-1-3-5-12)6-7-16(14)21-9-8-15(20)17(21)22/h1-7,10,15H,8-9,11,20H2. The monoisotopic (exact) mass is 328 g/mol. The molecule has 1 fully saturated rings. The number of carbonyl (C=O) groups is 2. The van der Waals surface area contributed by atoms with Crippen LogP contribution < -0.4 is 10.6 Å². The molecule has 124 valence electrons. The molecule has 3 rings (SSSR count). The van der Waals surface area contributed by atoms with Crippen LogP contribution in [-0.4, -0.2) is 24.5 Å². The van der Waals surface area contributed by atoms with Gasteiger partial charge in [0.25, 0.3) is 0 Å². The van der Waals surface area contributed by atoms with Gasteiger partial charge in [-0.25, -0.2) is 9.18 Å². The van der Waals surface area contributed by atoms with Gasteiger partial charge in [-0.3, -0.25) is 4.79 Å². The average molecular weight is 328 g/mol. The van der Waals surface area contributed by atoms with Crippen LogP contribution in [0.15, 0.2) is 48.5 Å². The molecule has 0 spiro atoms. The van der Waals surface area contributed by atoms with Crippen LogP contribution in [0.5, 0.6) is 0 Å². The van der Waals surface area contributed by atoms with E-state index >= 15 is 0 Å². The lowest BCUT2D eigenvalue weighted by Gasteiger charge is -2.17. The summed E-state index contributed by atoms with van der Waals surface area (Å²) in [7, 11) is 0. The summed E-state index contributed by atoms with van der Waals surface area (Å²) in [4.78, 5) is 25.2. The maximum Gasteiger partial charge on any atom is 0.338 e. The van der Waals surface area contributed by atoms with E-state index < -0.39 is 17.8 Å². The molecule has 2 aromatic rings. The normalized spacial score (nSPS) is 17.2. The second kappa shape index (κ2) is 6.80. The van der Waals surface area contributed by atoms with E-state index in [1.807, 2.05) is 30.3 Å². The minimum Gasteiger partial charge on any atom is -0.457 e. The fourth-order valence-corrected chi connectivity index (χ4v) is 2.60. The van der Waals surface area contributed by atoms with Crippen LogP contribution in [0, 0.1) is 5.82 Å². The van der Waals surface area contributed by atoms with Gasteiger partial charge < -0.3 is 15.4 Å². The van der Waals surface area contributed by atoms with Crippen molar-refractivity contribution in [1.82, 2.24) is 0 Å². The summed E-state index contributed by atoms with van der Waals surface area (Å²) in [5.41, 5.74) is 6.72. The first kappa shape index (κ1) is 16.1. The Bertz CT molecular complexity index is 764. The summed E-state index contributed by atoms with van der Waals surface area (Å²) in [5.74, 6) is -1.58. The summed E-state index contributed by atoms with van der Waals surface area (Å²) in [6, 6.07) is 12.6. The number of hydrogen-bond acceptors (Lipinski definition) is 4. The zero-order valence-electron chi connectivity index (χ0n) is 12.9. The highest BCUT2D eigenvalue weighted by atomic mass is 19.1. The van der Waals surface area contributed by atoms with Crippen molar-refractivity contribution in [2.24, 2.45) is 5.73 Å². The molecule has 0 radical (unpaired) electrons. The second-order valence-corrected chi connectivity index (χ2v) is 5.61. The lowest BCUT2D eigenvalue weighted by atomic mass is 10.2. The predicted molar refractivity (Wildman–Crippen MR) is 86.9 cm³/mol. The third-order valence-corrected chi connectivity index (χ3v) is 3.93. The fourth-order valence-electron chi connectivity index (χ4n) is 2.60. The largest absolute Gasteiger partial charge is 0.457 e. The number of nitrogens with zero attached hydrogens (tertiary/aromatic N) is 1. The first-order valence-corrected chi connectivity index (χ1v) is 7.64. The van der Waals surface area contributed by atoms with E-state index in [1.165, 1.54) is 17.0 Å². The number of nitrogens with two attached hydrogens (primary N) is 1. The number of benzene rings is 2. The maximum atomic E-state index is 14.3. The Morgan fingerprint density at radius 3 is 2.62 bits per heavy atom. The molecule has 1 saturated heterocycles. The molecular weight excluding hydrogens is 311 g/mol. The molecule has 2 N–H and O–H groups in total. The SMILES string of the molecule is NC1CCN(c2ccc(C(=O)OCc3ccccc3)cc2F)C1=O. The topological polar surface area (TPSA) is 72.6 Å². The molecule has 1 amide bonds. The van der Waals surface area contributed by atoms with Crippen molar-refractivity contribution >= 4 is 17.6 Å². The molecule has 1 unspecified atom stereocenters. The van der Waals surface area contributed by atoms with E-state index in [-0.39, 0.29) is 23.8 Å². The van der Waals surface area contributed by atoms with E-state index in [0.717, 1.165) is 11.6 Å². The molecule has 1 aliphatic rings. The minimum atomic E-state index is -0.647. The Morgan fingerprint density at radius 1 is 1.25 bits per heavy atom. The van der Waals surface area contributed by atoms with Crippen LogP contribution in [0.1, 0.15) is 22.3 Å². The summed E-state index contributed by atoms with van der Waals surface area (Å²) in [6.07, 6.45) is 0.485. The minimum absolute atomic E-state index is 0.100. The number of hydrogen-bond donors (Lipinski definition) is 1. The highest BCUT2D eigenvalue weighted by Gasteiger charge is 2.31. The Kier molecular flexibility index (Phi) is 4.57. The number of ether oxygens (including phenoxy) is 1. The number of esters is 1. The summed E-state index contributed by atoms with van der Waals surface area (Å²) < 4.78 is 19.4. The van der Waals surface area contributed by atoms with E-state index in [2.05, 4.69) is 0 Å². The zero-order chi connectivity index (χ0) is 17.1. The van der Waals surface area contributed by atoms with Crippen LogP contribution in [0.4, 0.5) is 10.1 Å². The number of halogens is 1. The molecule has 1 aliphatic heterocycles. The highest BCUT2D eigenvalue weighted by Crippen LogP contribution is 2.25. The Morgan fingerprint density at radius 2 is 2.00 bits per heavy atom. The Hall–Kier alpha value is -2.73. The summed E-state index contributed by atoms with van der Waals surface area (Å²) >= 11 is 0. The van der Waals surface area contributed by atoms with E-state index in [1.54, 1.807) is 0 Å². The van der Waals surface area contributed by atoms with Crippen LogP contribution in [0.3, 0.4) is 0 Å². The molecule has 0 bridgehead atoms. The van der Waals surface area contributed by atoms with Gasteiger partial charge in [-0.1, -0.05) is 30.3 Å². The average Bonchev–Trinajstić information content (AvgIpc) is 2.93. The van der Waals surface area contributed by atoms with Gasteiger partial charge in [0.2, 0.25) is 5.91 Å². The highest BCUT2D eigenvalue weighted by molar-refractivity contribution is 6.00. The lowest BCUT2D eigenvalue weighted by Crippen LogP contribution is -2.34. The van der Waals surface area contributed by atoms with Gasteiger partial charge in [0, 0.05) is 6.54 Å². The number of amides is 1. The van der Waals surface area contributed by atoms with Gasteiger partial charge in [-0.15, -0.1) is 0 Å². The molecule has 0 saturated carbocycles. The van der Waals surface area contributed by atoms with Crippen molar-refractivity contribution in [2.75, 3.05) is 11.4 Å². The van der Waals surface area contributed by atoms with Crippen molar-refractivity contribution in [3.63, 3.8) is 0 Å². The molecule has 24 heavy (non-hydrogen) atoms. The summed E-state index contributed by atoms with van der Waals surface area (Å²) in [5, 5.41) is 0. The third kappa shape index (κ3) is 3.28. The van der Waals surface area contributed by atoms with Crippen LogP contribution >= 0.6 is 0 Å². The van der Waals surface area contributed by atoms with Crippen LogP contribution in [0.25, 0.3) is 0 Å². The van der Waals surface area contributed by atoms with E-state index in [0.29, 0.717) is 13.0 Å². The molecular formula is C18H17FN2O3. The van der Waals surface area contributed by atoms with Gasteiger partial charge >= 0.3 is 5.97 Å². The molecule has 1 atom stereocenters. The third-order valence-electron chi connectivity index (χ3n) is 3.93. The van der Waals surface area contributed by atoms with Crippen LogP contribution in [0.2, 0.25) is 0 Å². The van der Waals surface area contributed by atoms with Gasteiger partial charge in [0.05, 0.1) is 17.3 Å². The molecule has 0 aliphatic carbocycles. The molecule has 6 heteroatoms. The van der Waals surface area contributed by atoms with Crippen molar-refractivity contribution in [3.8, 4) is 0 Å². The van der Waals surface area contributed by atoms with Crippen molar-refractivity contribution < 1.29 is 18.7 Å². The van der Waals surface area contributed by atoms with E-state index in [4.69, 9.17) is 10.5 Å². The number of anilines is 1. The maximum absolute atomic E-state index is 14.3. The summed E-state index contributed by atoms with van der Waals surface area (Å²) in [6.45, 7) is 0.483. The van der Waals surface area contributed by atoms with Gasteiger partial charge in [0.1, 0.15) is 12.4 Å². The van der Waals surface area contributed by atoms with Crippen LogP contribution in [-0.2, 0) is 16.1 Å². The smallest absolute Gasteiger partial charge is 0.338 e. The molecule has 5 nitrogen and oxygen atoms in total. The number of rotatable bonds is 4. The molecule has 1 heterocycles. The van der Waals surface area contributed by atoms with Crippen molar-refractivity contribution in [3.05, 3.63) is 65.5 Å². The van der Waals surface area contributed by atoms with Gasteiger partial charge in [0.15, 0.2) is 0 Å². The fraction of sp³-hybridized carbons (Fsp3) is 0.222. The number of carbonyl (C=O) groups excluding carboxylic acids is 2. The van der Waals surface area contributed by atoms with Crippen molar-refractivity contribution in [2.45, 2.75) is 19.1 Å². The van der Waals surface area contributed by atoms with E-state index in [9.17, 15) is 14.0 Å².